The molecule has 0 bridgehead atoms. The average Bonchev–Trinajstić information content (AvgIpc) is 2.48. The molecule has 1 amide bonds. The highest BCUT2D eigenvalue weighted by molar-refractivity contribution is 6.32. The first-order valence-corrected chi connectivity index (χ1v) is 6.45. The summed E-state index contributed by atoms with van der Waals surface area (Å²) < 4.78 is 10.1. The van der Waals surface area contributed by atoms with E-state index in [4.69, 9.17) is 21.1 Å². The van der Waals surface area contributed by atoms with Gasteiger partial charge in [0, 0.05) is 5.69 Å². The van der Waals surface area contributed by atoms with Gasteiger partial charge in [0.15, 0.2) is 0 Å². The van der Waals surface area contributed by atoms with Crippen LogP contribution in [0.15, 0.2) is 36.4 Å². The van der Waals surface area contributed by atoms with Crippen molar-refractivity contribution in [2.24, 2.45) is 0 Å². The molecule has 5 nitrogen and oxygen atoms in total. The Kier molecular flexibility index (Phi) is 4.55. The number of rotatable bonds is 4. The summed E-state index contributed by atoms with van der Waals surface area (Å²) in [5, 5.41) is 12.8. The first-order chi connectivity index (χ1) is 10.0. The number of phenols is 1. The number of nitrogens with one attached hydrogen (secondary N) is 1. The Morgan fingerprint density at radius 1 is 1.14 bits per heavy atom. The van der Waals surface area contributed by atoms with E-state index in [9.17, 15) is 9.90 Å². The van der Waals surface area contributed by atoms with Crippen molar-refractivity contribution in [2.45, 2.75) is 0 Å². The van der Waals surface area contributed by atoms with Crippen LogP contribution in [0.2, 0.25) is 5.02 Å². The van der Waals surface area contributed by atoms with Crippen LogP contribution in [0.25, 0.3) is 0 Å². The largest absolute Gasteiger partial charge is 0.507 e. The third-order valence-electron chi connectivity index (χ3n) is 2.86. The Hall–Kier alpha value is -2.40. The lowest BCUT2D eigenvalue weighted by Crippen LogP contribution is -2.12. The monoisotopic (exact) mass is 307 g/mol. The van der Waals surface area contributed by atoms with E-state index in [1.807, 2.05) is 0 Å². The first-order valence-electron chi connectivity index (χ1n) is 6.07. The van der Waals surface area contributed by atoms with E-state index in [1.165, 1.54) is 26.4 Å². The standard InChI is InChI=1S/C15H14ClNO4/c1-20-10-4-5-13(18)11(8-10)15(19)17-9-3-6-14(21-2)12(16)7-9/h3-8,18H,1-2H3,(H,17,19). The van der Waals surface area contributed by atoms with Crippen LogP contribution in [0.5, 0.6) is 17.2 Å². The van der Waals surface area contributed by atoms with E-state index in [0.29, 0.717) is 22.2 Å². The topological polar surface area (TPSA) is 67.8 Å². The summed E-state index contributed by atoms with van der Waals surface area (Å²) in [6.45, 7) is 0. The van der Waals surface area contributed by atoms with Gasteiger partial charge in [0.2, 0.25) is 0 Å². The van der Waals surface area contributed by atoms with Gasteiger partial charge in [-0.3, -0.25) is 4.79 Å². The Morgan fingerprint density at radius 2 is 1.90 bits per heavy atom. The quantitative estimate of drug-likeness (QED) is 0.909. The zero-order chi connectivity index (χ0) is 15.4. The SMILES string of the molecule is COc1ccc(O)c(C(=O)Nc2ccc(OC)c(Cl)c2)c1. The molecule has 0 saturated carbocycles. The fourth-order valence-corrected chi connectivity index (χ4v) is 2.02. The molecule has 2 aromatic rings. The van der Waals surface area contributed by atoms with E-state index in [1.54, 1.807) is 24.3 Å². The van der Waals surface area contributed by atoms with Crippen molar-refractivity contribution >= 4 is 23.2 Å². The fourth-order valence-electron chi connectivity index (χ4n) is 1.77. The van der Waals surface area contributed by atoms with Crippen LogP contribution in [-0.4, -0.2) is 25.2 Å². The van der Waals surface area contributed by atoms with Gasteiger partial charge in [-0.2, -0.15) is 0 Å². The molecule has 0 saturated heterocycles. The van der Waals surface area contributed by atoms with Gasteiger partial charge in [-0.1, -0.05) is 11.6 Å². The lowest BCUT2D eigenvalue weighted by atomic mass is 10.1. The molecule has 2 rings (SSSR count). The van der Waals surface area contributed by atoms with Gasteiger partial charge in [-0.25, -0.2) is 0 Å². The highest BCUT2D eigenvalue weighted by atomic mass is 35.5. The van der Waals surface area contributed by atoms with Crippen molar-refractivity contribution in [1.29, 1.82) is 0 Å². The van der Waals surface area contributed by atoms with Crippen molar-refractivity contribution < 1.29 is 19.4 Å². The summed E-state index contributed by atoms with van der Waals surface area (Å²) in [5.74, 6) is 0.394. The number of hydrogen-bond acceptors (Lipinski definition) is 4. The molecule has 0 aliphatic rings. The maximum absolute atomic E-state index is 12.2. The van der Waals surface area contributed by atoms with E-state index < -0.39 is 5.91 Å². The Bertz CT molecular complexity index is 673. The minimum Gasteiger partial charge on any atom is -0.507 e. The third kappa shape index (κ3) is 3.38. The molecule has 2 N–H and O–H groups in total. The van der Waals surface area contributed by atoms with Crippen molar-refractivity contribution in [1.82, 2.24) is 0 Å². The zero-order valence-corrected chi connectivity index (χ0v) is 12.3. The summed E-state index contributed by atoms with van der Waals surface area (Å²) in [4.78, 5) is 12.2. The summed E-state index contributed by atoms with van der Waals surface area (Å²) >= 11 is 5.99. The Balaban J connectivity index is 2.23. The third-order valence-corrected chi connectivity index (χ3v) is 3.15. The number of ether oxygens (including phenoxy) is 2. The number of aromatic hydroxyl groups is 1. The number of amides is 1. The number of hydrogen-bond donors (Lipinski definition) is 2. The van der Waals surface area contributed by atoms with Crippen molar-refractivity contribution in [3.63, 3.8) is 0 Å². The average molecular weight is 308 g/mol. The Labute approximate surface area is 127 Å². The van der Waals surface area contributed by atoms with Crippen LogP contribution >= 0.6 is 11.6 Å². The van der Waals surface area contributed by atoms with Crippen LogP contribution in [-0.2, 0) is 0 Å². The highest BCUT2D eigenvalue weighted by Gasteiger charge is 2.13. The minimum absolute atomic E-state index is 0.112. The number of carbonyl (C=O) groups excluding carboxylic acids is 1. The number of halogens is 1. The number of carbonyl (C=O) groups is 1. The lowest BCUT2D eigenvalue weighted by molar-refractivity contribution is 0.102. The van der Waals surface area contributed by atoms with Gasteiger partial charge in [0.25, 0.3) is 5.91 Å². The molecular formula is C15H14ClNO4. The van der Waals surface area contributed by atoms with E-state index in [-0.39, 0.29) is 11.3 Å². The predicted octanol–water partition coefficient (Wildman–Crippen LogP) is 3.32. The number of phenolic OH excluding ortho intramolecular Hbond substituents is 1. The van der Waals surface area contributed by atoms with Gasteiger partial charge in [0.05, 0.1) is 24.8 Å². The molecule has 0 fully saturated rings. The molecule has 0 atom stereocenters. The lowest BCUT2D eigenvalue weighted by Gasteiger charge is -2.10. The second kappa shape index (κ2) is 6.37. The zero-order valence-electron chi connectivity index (χ0n) is 11.5. The van der Waals surface area contributed by atoms with E-state index in [2.05, 4.69) is 5.32 Å². The van der Waals surface area contributed by atoms with Crippen molar-refractivity contribution in [2.75, 3.05) is 19.5 Å². The molecule has 0 spiro atoms. The van der Waals surface area contributed by atoms with Gasteiger partial charge in [0.1, 0.15) is 17.2 Å². The van der Waals surface area contributed by atoms with Crippen LogP contribution in [0.1, 0.15) is 10.4 Å². The molecule has 0 aliphatic heterocycles. The maximum Gasteiger partial charge on any atom is 0.259 e. The fraction of sp³-hybridized carbons (Fsp3) is 0.133. The second-order valence-corrected chi connectivity index (χ2v) is 4.59. The van der Waals surface area contributed by atoms with E-state index in [0.717, 1.165) is 0 Å². The van der Waals surface area contributed by atoms with Crippen LogP contribution in [0, 0.1) is 0 Å². The molecule has 0 aromatic heterocycles. The van der Waals surface area contributed by atoms with Gasteiger partial charge in [-0.05, 0) is 36.4 Å². The summed E-state index contributed by atoms with van der Waals surface area (Å²) in [5.41, 5.74) is 0.606. The van der Waals surface area contributed by atoms with E-state index >= 15 is 0 Å². The maximum atomic E-state index is 12.2. The predicted molar refractivity (Wildman–Crippen MR) is 80.6 cm³/mol. The number of benzene rings is 2. The van der Waals surface area contributed by atoms with Gasteiger partial charge >= 0.3 is 0 Å². The summed E-state index contributed by atoms with van der Waals surface area (Å²) in [6.07, 6.45) is 0. The molecule has 110 valence electrons. The smallest absolute Gasteiger partial charge is 0.259 e. The second-order valence-electron chi connectivity index (χ2n) is 4.19. The molecule has 21 heavy (non-hydrogen) atoms. The van der Waals surface area contributed by atoms with Crippen LogP contribution in [0.3, 0.4) is 0 Å². The normalized spacial score (nSPS) is 10.0. The van der Waals surface area contributed by atoms with Crippen LogP contribution < -0.4 is 14.8 Å². The molecule has 2 aromatic carbocycles. The van der Waals surface area contributed by atoms with Crippen molar-refractivity contribution in [3.05, 3.63) is 47.0 Å². The van der Waals surface area contributed by atoms with Gasteiger partial charge < -0.3 is 19.9 Å². The summed E-state index contributed by atoms with van der Waals surface area (Å²) in [7, 11) is 2.99. The van der Waals surface area contributed by atoms with Gasteiger partial charge in [-0.15, -0.1) is 0 Å². The molecule has 0 radical (unpaired) electrons. The first kappa shape index (κ1) is 15.0. The molecule has 0 aliphatic carbocycles. The Morgan fingerprint density at radius 3 is 2.52 bits per heavy atom. The number of anilines is 1. The minimum atomic E-state index is -0.465. The molecular weight excluding hydrogens is 294 g/mol. The number of methoxy groups -OCH3 is 2. The van der Waals surface area contributed by atoms with Crippen LogP contribution in [0.4, 0.5) is 5.69 Å². The molecule has 6 heteroatoms. The van der Waals surface area contributed by atoms with Crippen molar-refractivity contribution in [3.8, 4) is 17.2 Å². The highest BCUT2D eigenvalue weighted by Crippen LogP contribution is 2.28. The summed E-state index contributed by atoms with van der Waals surface area (Å²) in [6, 6.07) is 9.28. The molecule has 0 heterocycles. The molecule has 0 unspecified atom stereocenters.